The maximum Gasteiger partial charge on any atom is 0.192 e. The zero-order valence-electron chi connectivity index (χ0n) is 11.5. The van der Waals surface area contributed by atoms with Crippen molar-refractivity contribution in [3.8, 4) is 0 Å². The normalized spacial score (nSPS) is 8.88. The Morgan fingerprint density at radius 2 is 1.81 bits per heavy atom. The van der Waals surface area contributed by atoms with Gasteiger partial charge in [-0.2, -0.15) is 0 Å². The first-order valence-corrected chi connectivity index (χ1v) is 6.04. The fourth-order valence-electron chi connectivity index (χ4n) is 0.954. The van der Waals surface area contributed by atoms with Crippen LogP contribution in [0.1, 0.15) is 58.4 Å². The van der Waals surface area contributed by atoms with E-state index in [2.05, 4.69) is 18.5 Å². The minimum Gasteiger partial charge on any atom is -0.441 e. The second-order valence-electron chi connectivity index (χ2n) is 2.50. The SMILES string of the molecule is C=Cc1oc(C)nc1/C=C\CC.CC.CC. The van der Waals surface area contributed by atoms with E-state index in [-0.39, 0.29) is 0 Å². The van der Waals surface area contributed by atoms with Crippen LogP contribution in [0.4, 0.5) is 0 Å². The van der Waals surface area contributed by atoms with Gasteiger partial charge in [-0.3, -0.25) is 0 Å². The first-order chi connectivity index (χ1) is 7.77. The van der Waals surface area contributed by atoms with E-state index >= 15 is 0 Å². The number of oxazole rings is 1. The average molecular weight is 223 g/mol. The molecule has 0 fully saturated rings. The number of hydrogen-bond donors (Lipinski definition) is 0. The van der Waals surface area contributed by atoms with E-state index in [1.165, 1.54) is 0 Å². The van der Waals surface area contributed by atoms with E-state index in [9.17, 15) is 0 Å². The number of aryl methyl sites for hydroxylation is 1. The molecule has 0 spiro atoms. The lowest BCUT2D eigenvalue weighted by molar-refractivity contribution is 0.513. The molecule has 0 saturated carbocycles. The van der Waals surface area contributed by atoms with Crippen molar-refractivity contribution in [1.29, 1.82) is 0 Å². The molecule has 1 heterocycles. The zero-order valence-corrected chi connectivity index (χ0v) is 11.5. The third-order valence-corrected chi connectivity index (χ3v) is 1.48. The van der Waals surface area contributed by atoms with E-state index in [0.717, 1.165) is 17.9 Å². The molecule has 1 rings (SSSR count). The first kappa shape index (κ1) is 17.1. The molecule has 0 saturated heterocycles. The lowest BCUT2D eigenvalue weighted by Crippen LogP contribution is -1.74. The molecule has 0 aliphatic carbocycles. The highest BCUT2D eigenvalue weighted by Crippen LogP contribution is 2.13. The quantitative estimate of drug-likeness (QED) is 0.712. The van der Waals surface area contributed by atoms with Gasteiger partial charge in [0.15, 0.2) is 11.7 Å². The van der Waals surface area contributed by atoms with Crippen molar-refractivity contribution >= 4 is 12.2 Å². The smallest absolute Gasteiger partial charge is 0.192 e. The van der Waals surface area contributed by atoms with Crippen LogP contribution in [0.3, 0.4) is 0 Å². The summed E-state index contributed by atoms with van der Waals surface area (Å²) >= 11 is 0. The number of hydrogen-bond acceptors (Lipinski definition) is 2. The lowest BCUT2D eigenvalue weighted by atomic mass is 10.3. The Morgan fingerprint density at radius 1 is 1.25 bits per heavy atom. The minimum atomic E-state index is 0.681. The van der Waals surface area contributed by atoms with Crippen LogP contribution in [0.15, 0.2) is 17.1 Å². The molecule has 1 aromatic rings. The molecule has 2 nitrogen and oxygen atoms in total. The van der Waals surface area contributed by atoms with Gasteiger partial charge in [0, 0.05) is 6.92 Å². The Morgan fingerprint density at radius 3 is 2.25 bits per heavy atom. The second-order valence-corrected chi connectivity index (χ2v) is 2.50. The highest BCUT2D eigenvalue weighted by molar-refractivity contribution is 5.57. The minimum absolute atomic E-state index is 0.681. The number of aromatic nitrogens is 1. The summed E-state index contributed by atoms with van der Waals surface area (Å²) in [7, 11) is 0. The first-order valence-electron chi connectivity index (χ1n) is 6.04. The molecule has 0 amide bonds. The molecule has 1 aromatic heterocycles. The Bertz CT molecular complexity index is 298. The molecule has 16 heavy (non-hydrogen) atoms. The Labute approximate surface area is 100 Å². The van der Waals surface area contributed by atoms with E-state index in [1.54, 1.807) is 6.08 Å². The van der Waals surface area contributed by atoms with Gasteiger partial charge in [-0.15, -0.1) is 0 Å². The van der Waals surface area contributed by atoms with Gasteiger partial charge < -0.3 is 4.42 Å². The monoisotopic (exact) mass is 223 g/mol. The van der Waals surface area contributed by atoms with Gasteiger partial charge >= 0.3 is 0 Å². The molecule has 0 aliphatic heterocycles. The van der Waals surface area contributed by atoms with Gasteiger partial charge in [0.25, 0.3) is 0 Å². The van der Waals surface area contributed by atoms with Gasteiger partial charge in [0.05, 0.1) is 0 Å². The van der Waals surface area contributed by atoms with Crippen LogP contribution in [0.25, 0.3) is 12.2 Å². The highest BCUT2D eigenvalue weighted by atomic mass is 16.4. The maximum atomic E-state index is 5.28. The van der Waals surface area contributed by atoms with Crippen LogP contribution in [0.5, 0.6) is 0 Å². The van der Waals surface area contributed by atoms with Crippen molar-refractivity contribution in [1.82, 2.24) is 4.98 Å². The standard InChI is InChI=1S/C10H13NO.2C2H6/c1-4-6-7-9-10(5-2)12-8(3)11-9;2*1-2/h5-7H,2,4H2,1,3H3;2*1-2H3/b7-6-;;. The zero-order chi connectivity index (χ0) is 13.0. The van der Waals surface area contributed by atoms with E-state index < -0.39 is 0 Å². The van der Waals surface area contributed by atoms with Gasteiger partial charge in [-0.25, -0.2) is 4.98 Å². The molecule has 0 N–H and O–H groups in total. The van der Waals surface area contributed by atoms with E-state index in [0.29, 0.717) is 5.89 Å². The molecule has 0 atom stereocenters. The molecule has 0 radical (unpaired) electrons. The van der Waals surface area contributed by atoms with Gasteiger partial charge in [-0.05, 0) is 18.6 Å². The third-order valence-electron chi connectivity index (χ3n) is 1.48. The summed E-state index contributed by atoms with van der Waals surface area (Å²) in [5.41, 5.74) is 0.865. The summed E-state index contributed by atoms with van der Waals surface area (Å²) in [6, 6.07) is 0. The third kappa shape index (κ3) is 6.23. The molecule has 0 unspecified atom stereocenters. The van der Waals surface area contributed by atoms with Crippen molar-refractivity contribution in [2.75, 3.05) is 0 Å². The number of allylic oxidation sites excluding steroid dienone is 1. The predicted molar refractivity (Wildman–Crippen MR) is 73.4 cm³/mol. The molecular weight excluding hydrogens is 198 g/mol. The summed E-state index contributed by atoms with van der Waals surface area (Å²) in [6.07, 6.45) is 6.68. The van der Waals surface area contributed by atoms with Crippen LogP contribution in [0, 0.1) is 6.92 Å². The topological polar surface area (TPSA) is 26.0 Å². The fourth-order valence-corrected chi connectivity index (χ4v) is 0.954. The summed E-state index contributed by atoms with van der Waals surface area (Å²) in [4.78, 5) is 4.19. The van der Waals surface area contributed by atoms with E-state index in [1.807, 2.05) is 46.8 Å². The molecule has 0 aliphatic rings. The Kier molecular flexibility index (Phi) is 12.6. The second kappa shape index (κ2) is 11.8. The Balaban J connectivity index is 0. The van der Waals surface area contributed by atoms with Crippen LogP contribution < -0.4 is 0 Å². The summed E-state index contributed by atoms with van der Waals surface area (Å²) in [5, 5.41) is 0. The van der Waals surface area contributed by atoms with Crippen molar-refractivity contribution in [3.05, 3.63) is 30.0 Å². The lowest BCUT2D eigenvalue weighted by Gasteiger charge is -1.84. The molecule has 0 bridgehead atoms. The molecule has 2 heteroatoms. The van der Waals surface area contributed by atoms with Crippen LogP contribution in [0.2, 0.25) is 0 Å². The summed E-state index contributed by atoms with van der Waals surface area (Å²) < 4.78 is 5.28. The van der Waals surface area contributed by atoms with Crippen LogP contribution in [-0.2, 0) is 0 Å². The number of rotatable bonds is 3. The molecular formula is C14H25NO. The van der Waals surface area contributed by atoms with Crippen molar-refractivity contribution in [2.45, 2.75) is 48.0 Å². The largest absolute Gasteiger partial charge is 0.441 e. The molecule has 0 aromatic carbocycles. The van der Waals surface area contributed by atoms with Gasteiger partial charge in [0.2, 0.25) is 0 Å². The predicted octanol–water partition coefficient (Wildman–Crippen LogP) is 5.10. The van der Waals surface area contributed by atoms with Crippen LogP contribution in [-0.4, -0.2) is 4.98 Å². The summed E-state index contributed by atoms with van der Waals surface area (Å²) in [6.45, 7) is 15.6. The maximum absolute atomic E-state index is 5.28. The van der Waals surface area contributed by atoms with Crippen molar-refractivity contribution in [2.24, 2.45) is 0 Å². The fraction of sp³-hybridized carbons (Fsp3) is 0.500. The average Bonchev–Trinajstić information content (AvgIpc) is 2.72. The van der Waals surface area contributed by atoms with Gasteiger partial charge in [0.1, 0.15) is 5.69 Å². The van der Waals surface area contributed by atoms with Crippen molar-refractivity contribution in [3.63, 3.8) is 0 Å². The van der Waals surface area contributed by atoms with E-state index in [4.69, 9.17) is 4.42 Å². The Hall–Kier alpha value is -1.31. The molecule has 92 valence electrons. The van der Waals surface area contributed by atoms with Crippen LogP contribution >= 0.6 is 0 Å². The van der Waals surface area contributed by atoms with Crippen molar-refractivity contribution < 1.29 is 4.42 Å². The number of nitrogens with zero attached hydrogens (tertiary/aromatic N) is 1. The highest BCUT2D eigenvalue weighted by Gasteiger charge is 2.02. The van der Waals surface area contributed by atoms with Gasteiger partial charge in [-0.1, -0.05) is 47.3 Å². The summed E-state index contributed by atoms with van der Waals surface area (Å²) in [5.74, 6) is 1.43.